The predicted molar refractivity (Wildman–Crippen MR) is 71.0 cm³/mol. The van der Waals surface area contributed by atoms with Gasteiger partial charge in [-0.25, -0.2) is 4.39 Å². The van der Waals surface area contributed by atoms with Crippen molar-refractivity contribution in [2.75, 3.05) is 18.9 Å². The number of benzene rings is 1. The molecule has 0 fully saturated rings. The average molecular weight is 271 g/mol. The zero-order valence-electron chi connectivity index (χ0n) is 10.4. The second-order valence-electron chi connectivity index (χ2n) is 4.12. The van der Waals surface area contributed by atoms with Gasteiger partial charge in [0, 0.05) is 30.2 Å². The lowest BCUT2D eigenvalue weighted by Crippen LogP contribution is -2.29. The number of hydrogen-bond donors (Lipinski definition) is 2. The van der Waals surface area contributed by atoms with Crippen molar-refractivity contribution in [2.24, 2.45) is 5.92 Å². The molecule has 0 aliphatic rings. The van der Waals surface area contributed by atoms with E-state index in [1.807, 2.05) is 6.92 Å². The van der Waals surface area contributed by atoms with Crippen LogP contribution in [0.2, 0.25) is 0 Å². The fourth-order valence-corrected chi connectivity index (χ4v) is 2.14. The molecule has 1 aromatic carbocycles. The average Bonchev–Trinajstić information content (AvgIpc) is 2.38. The third-order valence-electron chi connectivity index (χ3n) is 2.38. The fourth-order valence-electron chi connectivity index (χ4n) is 1.26. The van der Waals surface area contributed by atoms with Crippen molar-refractivity contribution in [3.8, 4) is 0 Å². The van der Waals surface area contributed by atoms with Gasteiger partial charge in [0.15, 0.2) is 0 Å². The van der Waals surface area contributed by atoms with Crippen molar-refractivity contribution in [3.63, 3.8) is 0 Å². The summed E-state index contributed by atoms with van der Waals surface area (Å²) < 4.78 is 13.3. The van der Waals surface area contributed by atoms with Crippen LogP contribution in [0.25, 0.3) is 0 Å². The summed E-state index contributed by atoms with van der Waals surface area (Å²) in [5.74, 6) is 0.282. The van der Waals surface area contributed by atoms with Crippen LogP contribution in [-0.4, -0.2) is 29.9 Å². The Morgan fingerprint density at radius 2 is 2.22 bits per heavy atom. The highest BCUT2D eigenvalue weighted by Crippen LogP contribution is 2.21. The highest BCUT2D eigenvalue weighted by atomic mass is 32.2. The van der Waals surface area contributed by atoms with Gasteiger partial charge in [0.2, 0.25) is 5.91 Å². The number of carbonyl (C=O) groups excluding carboxylic acids is 1. The standard InChI is InChI=1S/C13H18FNO2S/c1-10(9-16)8-15-13(17)6-7-18-12-5-3-2-4-11(12)14/h2-5,10,16H,6-9H2,1H3,(H,15,17). The van der Waals surface area contributed by atoms with Crippen LogP contribution < -0.4 is 5.32 Å². The lowest BCUT2D eigenvalue weighted by atomic mass is 10.2. The van der Waals surface area contributed by atoms with Crippen molar-refractivity contribution in [1.29, 1.82) is 0 Å². The first-order chi connectivity index (χ1) is 8.63. The van der Waals surface area contributed by atoms with Crippen molar-refractivity contribution >= 4 is 17.7 Å². The highest BCUT2D eigenvalue weighted by molar-refractivity contribution is 7.99. The molecule has 1 atom stereocenters. The van der Waals surface area contributed by atoms with E-state index < -0.39 is 0 Å². The van der Waals surface area contributed by atoms with Gasteiger partial charge < -0.3 is 10.4 Å². The molecule has 0 bridgehead atoms. The molecule has 1 amide bonds. The van der Waals surface area contributed by atoms with E-state index in [9.17, 15) is 9.18 Å². The van der Waals surface area contributed by atoms with Gasteiger partial charge in [-0.05, 0) is 18.1 Å². The first-order valence-electron chi connectivity index (χ1n) is 5.88. The van der Waals surface area contributed by atoms with Gasteiger partial charge in [0.1, 0.15) is 5.82 Å². The van der Waals surface area contributed by atoms with E-state index in [-0.39, 0.29) is 24.2 Å². The number of thioether (sulfide) groups is 1. The summed E-state index contributed by atoms with van der Waals surface area (Å²) in [5.41, 5.74) is 0. The monoisotopic (exact) mass is 271 g/mol. The smallest absolute Gasteiger partial charge is 0.220 e. The minimum absolute atomic E-state index is 0.0598. The Kier molecular flexibility index (Phi) is 6.75. The Morgan fingerprint density at radius 1 is 1.50 bits per heavy atom. The molecule has 100 valence electrons. The number of carbonyl (C=O) groups is 1. The summed E-state index contributed by atoms with van der Waals surface area (Å²) in [4.78, 5) is 12.0. The zero-order chi connectivity index (χ0) is 13.4. The number of aliphatic hydroxyl groups is 1. The van der Waals surface area contributed by atoms with Gasteiger partial charge in [-0.3, -0.25) is 4.79 Å². The van der Waals surface area contributed by atoms with Crippen molar-refractivity contribution < 1.29 is 14.3 Å². The third kappa shape index (κ3) is 5.51. The molecule has 2 N–H and O–H groups in total. The molecule has 5 heteroatoms. The first-order valence-corrected chi connectivity index (χ1v) is 6.87. The molecule has 18 heavy (non-hydrogen) atoms. The number of halogens is 1. The maximum Gasteiger partial charge on any atom is 0.220 e. The fraction of sp³-hybridized carbons (Fsp3) is 0.462. The molecule has 0 aliphatic carbocycles. The van der Waals surface area contributed by atoms with Gasteiger partial charge in [-0.2, -0.15) is 0 Å². The summed E-state index contributed by atoms with van der Waals surface area (Å²) in [6.07, 6.45) is 0.344. The van der Waals surface area contributed by atoms with E-state index in [0.717, 1.165) is 0 Å². The van der Waals surface area contributed by atoms with Gasteiger partial charge in [-0.15, -0.1) is 11.8 Å². The van der Waals surface area contributed by atoms with E-state index in [4.69, 9.17) is 5.11 Å². The molecule has 0 heterocycles. The Bertz CT molecular complexity index is 387. The molecule has 3 nitrogen and oxygen atoms in total. The molecule has 0 aromatic heterocycles. The van der Waals surface area contributed by atoms with Gasteiger partial charge >= 0.3 is 0 Å². The van der Waals surface area contributed by atoms with Crippen LogP contribution in [0.4, 0.5) is 4.39 Å². The highest BCUT2D eigenvalue weighted by Gasteiger charge is 2.06. The normalized spacial score (nSPS) is 12.2. The van der Waals surface area contributed by atoms with E-state index in [0.29, 0.717) is 23.6 Å². The largest absolute Gasteiger partial charge is 0.396 e. The van der Waals surface area contributed by atoms with E-state index in [1.165, 1.54) is 17.8 Å². The quantitative estimate of drug-likeness (QED) is 0.746. The molecular formula is C13H18FNO2S. The maximum atomic E-state index is 13.3. The minimum atomic E-state index is -0.253. The predicted octanol–water partition coefficient (Wildman–Crippen LogP) is 2.05. The second-order valence-corrected chi connectivity index (χ2v) is 5.26. The van der Waals surface area contributed by atoms with E-state index in [1.54, 1.807) is 18.2 Å². The van der Waals surface area contributed by atoms with Crippen molar-refractivity contribution in [2.45, 2.75) is 18.2 Å². The molecule has 1 aromatic rings. The number of rotatable bonds is 7. The SMILES string of the molecule is CC(CO)CNC(=O)CCSc1ccccc1F. The number of amides is 1. The maximum absolute atomic E-state index is 13.3. The molecule has 0 aliphatic heterocycles. The molecule has 1 rings (SSSR count). The third-order valence-corrected chi connectivity index (χ3v) is 3.43. The number of aliphatic hydroxyl groups excluding tert-OH is 1. The van der Waals surface area contributed by atoms with E-state index in [2.05, 4.69) is 5.32 Å². The zero-order valence-corrected chi connectivity index (χ0v) is 11.2. The summed E-state index contributed by atoms with van der Waals surface area (Å²) in [6, 6.07) is 6.52. The molecular weight excluding hydrogens is 253 g/mol. The van der Waals surface area contributed by atoms with Crippen LogP contribution >= 0.6 is 11.8 Å². The van der Waals surface area contributed by atoms with Crippen LogP contribution in [0.5, 0.6) is 0 Å². The number of nitrogens with one attached hydrogen (secondary N) is 1. The van der Waals surface area contributed by atoms with Crippen LogP contribution in [0.1, 0.15) is 13.3 Å². The molecule has 0 saturated heterocycles. The Hall–Kier alpha value is -1.07. The summed E-state index contributed by atoms with van der Waals surface area (Å²) in [7, 11) is 0. The molecule has 0 spiro atoms. The van der Waals surface area contributed by atoms with Crippen LogP contribution in [0, 0.1) is 11.7 Å². The second kappa shape index (κ2) is 8.11. The number of hydrogen-bond acceptors (Lipinski definition) is 3. The molecule has 1 unspecified atom stereocenters. The summed E-state index contributed by atoms with van der Waals surface area (Å²) >= 11 is 1.33. The lowest BCUT2D eigenvalue weighted by Gasteiger charge is -2.09. The summed E-state index contributed by atoms with van der Waals surface area (Å²) in [6.45, 7) is 2.39. The summed E-state index contributed by atoms with van der Waals surface area (Å²) in [5, 5.41) is 11.5. The van der Waals surface area contributed by atoms with Gasteiger partial charge in [0.05, 0.1) is 0 Å². The Labute approximate surface area is 111 Å². The van der Waals surface area contributed by atoms with Crippen LogP contribution in [0.3, 0.4) is 0 Å². The Balaban J connectivity index is 2.22. The first kappa shape index (κ1) is 15.0. The van der Waals surface area contributed by atoms with Crippen molar-refractivity contribution in [1.82, 2.24) is 5.32 Å². The van der Waals surface area contributed by atoms with Crippen LogP contribution in [0.15, 0.2) is 29.2 Å². The Morgan fingerprint density at radius 3 is 2.89 bits per heavy atom. The van der Waals surface area contributed by atoms with Gasteiger partial charge in [0.25, 0.3) is 0 Å². The topological polar surface area (TPSA) is 49.3 Å². The lowest BCUT2D eigenvalue weighted by molar-refractivity contribution is -0.120. The minimum Gasteiger partial charge on any atom is -0.396 e. The van der Waals surface area contributed by atoms with Crippen molar-refractivity contribution in [3.05, 3.63) is 30.1 Å². The van der Waals surface area contributed by atoms with Gasteiger partial charge in [-0.1, -0.05) is 19.1 Å². The molecule has 0 radical (unpaired) electrons. The van der Waals surface area contributed by atoms with Crippen LogP contribution in [-0.2, 0) is 4.79 Å². The van der Waals surface area contributed by atoms with E-state index >= 15 is 0 Å². The molecule has 0 saturated carbocycles.